The first-order valence-electron chi connectivity index (χ1n) is 16.4. The predicted molar refractivity (Wildman–Crippen MR) is 179 cm³/mol. The standard InChI is InChI=1S/C34H42F2N8O2S/c1-19-14-44(15-20(2)46-19)17-33(10-11-33)18-45-32-41-28-23(31(42-32)40-16-34(43(3)4)8-5-9-34)13-39-27(26(28)36)21-6-7-24(35)29-25(21)22(12-37)30(38)47-29/h6-7,13,19-20,25,29H,5,8-11,14-18,38H2,1-4H3,(H,40,41,42)/t19-,20-,25?,29?/m1/s1. The number of allylic oxidation sites excluding steroid dienone is 4. The van der Waals surface area contributed by atoms with E-state index in [1.54, 1.807) is 6.20 Å². The zero-order chi connectivity index (χ0) is 33.1. The maximum Gasteiger partial charge on any atom is 0.319 e. The molecule has 2 aliphatic heterocycles. The van der Waals surface area contributed by atoms with E-state index in [4.69, 9.17) is 20.2 Å². The van der Waals surface area contributed by atoms with Gasteiger partial charge in [-0.3, -0.25) is 9.88 Å². The Morgan fingerprint density at radius 2 is 1.91 bits per heavy atom. The van der Waals surface area contributed by atoms with Gasteiger partial charge in [-0.25, -0.2) is 8.78 Å². The maximum absolute atomic E-state index is 16.7. The molecule has 3 aliphatic carbocycles. The van der Waals surface area contributed by atoms with Crippen molar-refractivity contribution in [1.82, 2.24) is 24.8 Å². The summed E-state index contributed by atoms with van der Waals surface area (Å²) in [6.45, 7) is 7.91. The normalized spacial score (nSPS) is 28.0. The van der Waals surface area contributed by atoms with E-state index < -0.39 is 22.8 Å². The van der Waals surface area contributed by atoms with Crippen LogP contribution < -0.4 is 15.8 Å². The molecule has 2 aromatic rings. The molecule has 0 bridgehead atoms. The summed E-state index contributed by atoms with van der Waals surface area (Å²) in [4.78, 5) is 18.6. The second-order valence-electron chi connectivity index (χ2n) is 14.2. The van der Waals surface area contributed by atoms with Crippen molar-refractivity contribution >= 4 is 34.1 Å². The van der Waals surface area contributed by atoms with Gasteiger partial charge in [0.2, 0.25) is 0 Å². The van der Waals surface area contributed by atoms with Crippen molar-refractivity contribution in [3.05, 3.63) is 46.3 Å². The quantitative estimate of drug-likeness (QED) is 0.356. The van der Waals surface area contributed by atoms with Crippen molar-refractivity contribution in [2.45, 2.75) is 68.9 Å². The number of pyridine rings is 1. The molecule has 250 valence electrons. The minimum atomic E-state index is -0.747. The van der Waals surface area contributed by atoms with E-state index in [9.17, 15) is 9.65 Å². The third kappa shape index (κ3) is 5.98. The largest absolute Gasteiger partial charge is 0.463 e. The number of anilines is 1. The first kappa shape index (κ1) is 32.2. The lowest BCUT2D eigenvalue weighted by atomic mass is 9.75. The Balaban J connectivity index is 1.22. The second kappa shape index (κ2) is 12.3. The van der Waals surface area contributed by atoms with Crippen LogP contribution in [0.4, 0.5) is 14.6 Å². The fourth-order valence-corrected chi connectivity index (χ4v) is 8.69. The molecule has 2 saturated carbocycles. The highest BCUT2D eigenvalue weighted by atomic mass is 32.2. The highest BCUT2D eigenvalue weighted by Gasteiger charge is 2.46. The summed E-state index contributed by atoms with van der Waals surface area (Å²) in [6, 6.07) is 2.20. The minimum Gasteiger partial charge on any atom is -0.463 e. The van der Waals surface area contributed by atoms with Gasteiger partial charge < -0.3 is 25.4 Å². The van der Waals surface area contributed by atoms with Crippen LogP contribution in [0.5, 0.6) is 6.01 Å². The topological polar surface area (TPSA) is 125 Å². The molecule has 3 fully saturated rings. The molecule has 4 atom stereocenters. The number of thioether (sulfide) groups is 1. The SMILES string of the molecule is C[C@@H]1CN(CC2(COc3nc(NCC4(N(C)C)CCC4)c4cnc(C5=CC=C(F)C6SC(N)=C(C#N)C56)c(F)c4n3)CC2)C[C@@H](C)O1. The number of fused-ring (bicyclic) bond motifs is 2. The van der Waals surface area contributed by atoms with Crippen LogP contribution >= 0.6 is 11.8 Å². The van der Waals surface area contributed by atoms with E-state index in [2.05, 4.69) is 59.1 Å². The van der Waals surface area contributed by atoms with E-state index in [0.29, 0.717) is 29.9 Å². The van der Waals surface area contributed by atoms with Gasteiger partial charge in [0.25, 0.3) is 0 Å². The fraction of sp³-hybridized carbons (Fsp3) is 0.588. The van der Waals surface area contributed by atoms with E-state index in [-0.39, 0.29) is 51.0 Å². The van der Waals surface area contributed by atoms with Crippen molar-refractivity contribution in [1.29, 1.82) is 5.26 Å². The number of nitrogens with zero attached hydrogens (tertiary/aromatic N) is 6. The first-order chi connectivity index (χ1) is 22.5. The molecule has 10 nitrogen and oxygen atoms in total. The highest BCUT2D eigenvalue weighted by Crippen LogP contribution is 2.51. The lowest BCUT2D eigenvalue weighted by molar-refractivity contribution is -0.0741. The van der Waals surface area contributed by atoms with Crippen molar-refractivity contribution in [2.24, 2.45) is 17.1 Å². The van der Waals surface area contributed by atoms with Gasteiger partial charge in [-0.05, 0) is 71.7 Å². The number of hydrogen-bond acceptors (Lipinski definition) is 11. The molecule has 1 saturated heterocycles. The van der Waals surface area contributed by atoms with Crippen molar-refractivity contribution in [3.8, 4) is 12.1 Å². The summed E-state index contributed by atoms with van der Waals surface area (Å²) in [5, 5.41) is 13.3. The third-order valence-corrected chi connectivity index (χ3v) is 11.8. The Morgan fingerprint density at radius 1 is 1.17 bits per heavy atom. The molecule has 5 aliphatic rings. The van der Waals surface area contributed by atoms with Crippen LogP contribution in [0.1, 0.15) is 51.6 Å². The predicted octanol–water partition coefficient (Wildman–Crippen LogP) is 5.00. The Bertz CT molecular complexity index is 1700. The number of nitrogens with two attached hydrogens (primary N) is 1. The third-order valence-electron chi connectivity index (χ3n) is 10.6. The van der Waals surface area contributed by atoms with Gasteiger partial charge in [0.05, 0.1) is 46.1 Å². The zero-order valence-electron chi connectivity index (χ0n) is 27.4. The molecule has 2 unspecified atom stereocenters. The number of nitrogens with one attached hydrogen (secondary N) is 1. The van der Waals surface area contributed by atoms with Crippen molar-refractivity contribution in [2.75, 3.05) is 52.2 Å². The molecule has 0 radical (unpaired) electrons. The van der Waals surface area contributed by atoms with E-state index in [0.717, 1.165) is 63.5 Å². The Kier molecular flexibility index (Phi) is 8.43. The maximum atomic E-state index is 16.7. The van der Waals surface area contributed by atoms with Gasteiger partial charge in [-0.15, -0.1) is 0 Å². The molecule has 7 rings (SSSR count). The Hall–Kier alpha value is -3.31. The van der Waals surface area contributed by atoms with Crippen LogP contribution in [0.25, 0.3) is 16.5 Å². The van der Waals surface area contributed by atoms with Crippen molar-refractivity contribution in [3.63, 3.8) is 0 Å². The number of nitriles is 1. The number of likely N-dealkylation sites (N-methyl/N-ethyl adjacent to an activating group) is 1. The fourth-order valence-electron chi connectivity index (χ4n) is 7.51. The van der Waals surface area contributed by atoms with E-state index in [1.807, 2.05) is 0 Å². The molecule has 47 heavy (non-hydrogen) atoms. The van der Waals surface area contributed by atoms with Gasteiger partial charge >= 0.3 is 6.01 Å². The average Bonchev–Trinajstić information content (AvgIpc) is 3.67. The van der Waals surface area contributed by atoms with Crippen LogP contribution in [-0.2, 0) is 4.74 Å². The second-order valence-corrected chi connectivity index (χ2v) is 15.4. The lowest BCUT2D eigenvalue weighted by Crippen LogP contribution is -2.54. The summed E-state index contributed by atoms with van der Waals surface area (Å²) < 4.78 is 43.8. The molecular weight excluding hydrogens is 622 g/mol. The summed E-state index contributed by atoms with van der Waals surface area (Å²) in [5.41, 5.74) is 6.75. The van der Waals surface area contributed by atoms with Crippen LogP contribution in [0.15, 0.2) is 34.8 Å². The van der Waals surface area contributed by atoms with Crippen LogP contribution in [-0.4, -0.2) is 94.6 Å². The summed E-state index contributed by atoms with van der Waals surface area (Å²) >= 11 is 1.08. The number of hydrogen-bond donors (Lipinski definition) is 2. The van der Waals surface area contributed by atoms with E-state index >= 15 is 4.39 Å². The minimum absolute atomic E-state index is 0.00729. The molecule has 0 spiro atoms. The van der Waals surface area contributed by atoms with Crippen LogP contribution in [0, 0.1) is 28.5 Å². The van der Waals surface area contributed by atoms with Gasteiger partial charge in [0, 0.05) is 49.2 Å². The monoisotopic (exact) mass is 664 g/mol. The van der Waals surface area contributed by atoms with Gasteiger partial charge in [0.1, 0.15) is 22.9 Å². The number of morpholine rings is 1. The number of aromatic nitrogens is 3. The molecule has 13 heteroatoms. The lowest BCUT2D eigenvalue weighted by Gasteiger charge is -2.47. The molecule has 3 N–H and O–H groups in total. The first-order valence-corrected chi connectivity index (χ1v) is 17.3. The molecule has 0 aromatic carbocycles. The van der Waals surface area contributed by atoms with Gasteiger partial charge in [-0.1, -0.05) is 17.8 Å². The van der Waals surface area contributed by atoms with E-state index in [1.165, 1.54) is 12.2 Å². The zero-order valence-corrected chi connectivity index (χ0v) is 28.2. The number of ether oxygens (including phenoxy) is 2. The molecule has 4 heterocycles. The molecular formula is C34H42F2N8O2S. The van der Waals surface area contributed by atoms with Gasteiger partial charge in [-0.2, -0.15) is 15.2 Å². The average molecular weight is 665 g/mol. The highest BCUT2D eigenvalue weighted by molar-refractivity contribution is 8.04. The van der Waals surface area contributed by atoms with Crippen LogP contribution in [0.3, 0.4) is 0 Å². The molecule has 0 amide bonds. The smallest absolute Gasteiger partial charge is 0.319 e. The number of halogens is 2. The van der Waals surface area contributed by atoms with Gasteiger partial charge in [0.15, 0.2) is 5.82 Å². The Labute approximate surface area is 278 Å². The summed E-state index contributed by atoms with van der Waals surface area (Å²) in [7, 11) is 4.15. The molecule has 2 aromatic heterocycles. The summed E-state index contributed by atoms with van der Waals surface area (Å²) in [5.74, 6) is -1.38. The van der Waals surface area contributed by atoms with Crippen LogP contribution in [0.2, 0.25) is 0 Å². The Morgan fingerprint density at radius 3 is 2.55 bits per heavy atom. The number of rotatable bonds is 10. The summed E-state index contributed by atoms with van der Waals surface area (Å²) in [6.07, 6.45) is 10.0. The van der Waals surface area contributed by atoms with Crippen molar-refractivity contribution < 1.29 is 18.3 Å².